The second-order valence-electron chi connectivity index (χ2n) is 8.81. The number of benzene rings is 2. The number of halogens is 1. The molecule has 1 amide bonds. The van der Waals surface area contributed by atoms with Gasteiger partial charge in [0, 0.05) is 23.5 Å². The molecule has 1 aromatic heterocycles. The van der Waals surface area contributed by atoms with E-state index in [2.05, 4.69) is 14.7 Å². The average molecular weight is 497 g/mol. The van der Waals surface area contributed by atoms with Crippen LogP contribution >= 0.6 is 0 Å². The van der Waals surface area contributed by atoms with Crippen LogP contribution in [0.5, 0.6) is 0 Å². The van der Waals surface area contributed by atoms with Crippen LogP contribution in [0.25, 0.3) is 11.1 Å². The summed E-state index contributed by atoms with van der Waals surface area (Å²) in [6.45, 7) is 4.98. The summed E-state index contributed by atoms with van der Waals surface area (Å²) in [6.07, 6.45) is 2.97. The van der Waals surface area contributed by atoms with Crippen molar-refractivity contribution in [1.82, 2.24) is 9.71 Å². The van der Waals surface area contributed by atoms with E-state index in [1.54, 1.807) is 75.5 Å². The van der Waals surface area contributed by atoms with E-state index in [4.69, 9.17) is 10.5 Å². The number of pyridine rings is 1. The molecular weight excluding hydrogens is 471 g/mol. The van der Waals surface area contributed by atoms with E-state index >= 15 is 0 Å². The number of nitrogens with one attached hydrogen (secondary N) is 1. The summed E-state index contributed by atoms with van der Waals surface area (Å²) in [6, 6.07) is 13.8. The molecule has 4 rings (SSSR count). The van der Waals surface area contributed by atoms with Gasteiger partial charge in [-0.1, -0.05) is 42.5 Å². The third kappa shape index (κ3) is 5.02. The molecule has 0 aliphatic carbocycles. The summed E-state index contributed by atoms with van der Waals surface area (Å²) in [5.41, 5.74) is 6.67. The first-order valence-electron chi connectivity index (χ1n) is 10.9. The van der Waals surface area contributed by atoms with Gasteiger partial charge in [0.1, 0.15) is 16.7 Å². The Morgan fingerprint density at radius 1 is 1.14 bits per heavy atom. The maximum Gasteiger partial charge on any atom is 0.299 e. The van der Waals surface area contributed by atoms with Gasteiger partial charge in [-0.2, -0.15) is 0 Å². The van der Waals surface area contributed by atoms with Gasteiger partial charge in [0.05, 0.1) is 11.6 Å². The van der Waals surface area contributed by atoms with Crippen LogP contribution in [0.2, 0.25) is 0 Å². The Morgan fingerprint density at radius 2 is 1.83 bits per heavy atom. The molecule has 0 bridgehead atoms. The van der Waals surface area contributed by atoms with E-state index in [-0.39, 0.29) is 11.6 Å². The standard InChI is InChI=1S/C25H25FN4O4S/c1-15(20-6-4-5-7-21(20)26)29-24-30-35(32,33)22(25(2,3)34-24)17-10-8-16(9-11-17)18-12-19(23(27)31)14-28-13-18/h4-15,22H,1-3H3,(H2,27,31)(H,29,30)/t15-,22?/m0/s1. The van der Waals surface area contributed by atoms with Gasteiger partial charge in [-0.3, -0.25) is 9.78 Å². The van der Waals surface area contributed by atoms with Crippen molar-refractivity contribution in [1.29, 1.82) is 0 Å². The summed E-state index contributed by atoms with van der Waals surface area (Å²) in [7, 11) is -3.94. The van der Waals surface area contributed by atoms with Crippen molar-refractivity contribution >= 4 is 22.0 Å². The van der Waals surface area contributed by atoms with Gasteiger partial charge in [-0.25, -0.2) is 22.5 Å². The molecule has 1 aliphatic heterocycles. The van der Waals surface area contributed by atoms with Crippen molar-refractivity contribution in [2.24, 2.45) is 10.7 Å². The van der Waals surface area contributed by atoms with Gasteiger partial charge in [-0.05, 0) is 44.0 Å². The second-order valence-corrected chi connectivity index (χ2v) is 10.6. The molecule has 0 radical (unpaired) electrons. The quantitative estimate of drug-likeness (QED) is 0.555. The largest absolute Gasteiger partial charge is 0.457 e. The van der Waals surface area contributed by atoms with Gasteiger partial charge >= 0.3 is 0 Å². The fourth-order valence-electron chi connectivity index (χ4n) is 4.15. The summed E-state index contributed by atoms with van der Waals surface area (Å²) >= 11 is 0. The first-order chi connectivity index (χ1) is 16.5. The van der Waals surface area contributed by atoms with Crippen molar-refractivity contribution < 1.29 is 22.3 Å². The molecule has 2 heterocycles. The van der Waals surface area contributed by atoms with Gasteiger partial charge < -0.3 is 10.5 Å². The highest BCUT2D eigenvalue weighted by molar-refractivity contribution is 7.90. The van der Waals surface area contributed by atoms with Crippen LogP contribution in [0.1, 0.15) is 53.5 Å². The van der Waals surface area contributed by atoms with Gasteiger partial charge in [0.25, 0.3) is 6.02 Å². The van der Waals surface area contributed by atoms with Crippen LogP contribution in [0.15, 0.2) is 72.0 Å². The molecule has 3 aromatic rings. The normalized spacial score (nSPS) is 20.5. The number of carbonyl (C=O) groups excluding carboxylic acids is 1. The number of aliphatic imine (C=N–C) groups is 1. The highest BCUT2D eigenvalue weighted by Crippen LogP contribution is 2.39. The number of nitrogens with zero attached hydrogens (tertiary/aromatic N) is 2. The highest BCUT2D eigenvalue weighted by Gasteiger charge is 2.48. The zero-order valence-electron chi connectivity index (χ0n) is 19.4. The number of sulfonamides is 1. The molecule has 2 atom stereocenters. The SMILES string of the molecule is C[C@H](N=C1NS(=O)(=O)C(c2ccc(-c3cncc(C(N)=O)c3)cc2)C(C)(C)O1)c1ccccc1F. The number of hydrogen-bond acceptors (Lipinski definition) is 6. The number of rotatable bonds is 5. The zero-order valence-corrected chi connectivity index (χ0v) is 20.2. The smallest absolute Gasteiger partial charge is 0.299 e. The molecule has 2 aromatic carbocycles. The lowest BCUT2D eigenvalue weighted by Gasteiger charge is -2.39. The predicted molar refractivity (Wildman–Crippen MR) is 130 cm³/mol. The molecule has 1 saturated heterocycles. The van der Waals surface area contributed by atoms with Crippen molar-refractivity contribution in [3.05, 3.63) is 89.5 Å². The third-order valence-corrected chi connectivity index (χ3v) is 7.69. The van der Waals surface area contributed by atoms with Crippen LogP contribution < -0.4 is 10.5 Å². The van der Waals surface area contributed by atoms with Crippen LogP contribution in [-0.4, -0.2) is 30.9 Å². The number of nitrogens with two attached hydrogens (primary N) is 1. The first kappa shape index (κ1) is 24.3. The van der Waals surface area contributed by atoms with Crippen molar-refractivity contribution in [3.63, 3.8) is 0 Å². The van der Waals surface area contributed by atoms with Crippen LogP contribution in [0, 0.1) is 5.82 Å². The molecule has 1 fully saturated rings. The van der Waals surface area contributed by atoms with Gasteiger partial charge in [-0.15, -0.1) is 0 Å². The third-order valence-electron chi connectivity index (χ3n) is 5.77. The molecule has 0 saturated carbocycles. The number of primary amides is 1. The number of amidine groups is 1. The summed E-state index contributed by atoms with van der Waals surface area (Å²) in [4.78, 5) is 19.8. The summed E-state index contributed by atoms with van der Waals surface area (Å²) < 4.78 is 49.0. The van der Waals surface area contributed by atoms with Crippen LogP contribution in [0.4, 0.5) is 4.39 Å². The van der Waals surface area contributed by atoms with E-state index in [0.717, 1.165) is 5.56 Å². The molecular formula is C25H25FN4O4S. The molecule has 35 heavy (non-hydrogen) atoms. The number of hydrogen-bond donors (Lipinski definition) is 2. The topological polar surface area (TPSA) is 124 Å². The fraction of sp³-hybridized carbons (Fsp3) is 0.240. The lowest BCUT2D eigenvalue weighted by molar-refractivity contribution is 0.0761. The molecule has 1 unspecified atom stereocenters. The molecule has 0 spiro atoms. The minimum Gasteiger partial charge on any atom is -0.457 e. The second kappa shape index (κ2) is 9.10. The zero-order chi connectivity index (χ0) is 25.4. The van der Waals surface area contributed by atoms with Crippen molar-refractivity contribution in [3.8, 4) is 11.1 Å². The van der Waals surface area contributed by atoms with Crippen LogP contribution in [-0.2, 0) is 14.8 Å². The lowest BCUT2D eigenvalue weighted by Crippen LogP contribution is -2.53. The first-order valence-corrected chi connectivity index (χ1v) is 12.4. The molecule has 3 N–H and O–H groups in total. The van der Waals surface area contributed by atoms with E-state index in [1.807, 2.05) is 0 Å². The molecule has 10 heteroatoms. The Kier molecular flexibility index (Phi) is 6.33. The monoisotopic (exact) mass is 496 g/mol. The number of ether oxygens (including phenoxy) is 1. The van der Waals surface area contributed by atoms with E-state index in [0.29, 0.717) is 16.7 Å². The number of amides is 1. The maximum atomic E-state index is 14.1. The summed E-state index contributed by atoms with van der Waals surface area (Å²) in [5.74, 6) is -1.02. The molecule has 8 nitrogen and oxygen atoms in total. The molecule has 1 aliphatic rings. The Balaban J connectivity index is 1.61. The Morgan fingerprint density at radius 3 is 2.46 bits per heavy atom. The highest BCUT2D eigenvalue weighted by atomic mass is 32.2. The Labute approximate surface area is 203 Å². The minimum atomic E-state index is -3.94. The summed E-state index contributed by atoms with van der Waals surface area (Å²) in [5, 5.41) is -1.04. The lowest BCUT2D eigenvalue weighted by atomic mass is 9.95. The molecule has 182 valence electrons. The average Bonchev–Trinajstić information content (AvgIpc) is 2.78. The fourth-order valence-corrected chi connectivity index (χ4v) is 5.92. The van der Waals surface area contributed by atoms with E-state index in [9.17, 15) is 17.6 Å². The Bertz CT molecular complexity index is 1400. The van der Waals surface area contributed by atoms with E-state index < -0.39 is 38.6 Å². The van der Waals surface area contributed by atoms with E-state index in [1.165, 1.54) is 12.3 Å². The Hall–Kier alpha value is -3.79. The number of aromatic nitrogens is 1. The predicted octanol–water partition coefficient (Wildman–Crippen LogP) is 3.87. The van der Waals surface area contributed by atoms with Crippen molar-refractivity contribution in [2.75, 3.05) is 0 Å². The van der Waals surface area contributed by atoms with Gasteiger partial charge in [0.2, 0.25) is 15.9 Å². The minimum absolute atomic E-state index is 0.187. The van der Waals surface area contributed by atoms with Crippen LogP contribution in [0.3, 0.4) is 0 Å². The van der Waals surface area contributed by atoms with Gasteiger partial charge in [0.15, 0.2) is 0 Å². The number of carbonyl (C=O) groups is 1. The maximum absolute atomic E-state index is 14.1. The van der Waals surface area contributed by atoms with Crippen molar-refractivity contribution in [2.45, 2.75) is 37.7 Å².